The Hall–Kier alpha value is -0.920. The molecule has 1 fully saturated rings. The minimum Gasteiger partial charge on any atom is -0.396 e. The fraction of sp³-hybridized carbons (Fsp3) is 0.538. The molecule has 1 unspecified atom stereocenters. The van der Waals surface area contributed by atoms with E-state index in [9.17, 15) is 8.42 Å². The third-order valence-electron chi connectivity index (χ3n) is 3.48. The molecule has 1 atom stereocenters. The fourth-order valence-electron chi connectivity index (χ4n) is 2.29. The molecule has 0 aromatic heterocycles. The van der Waals surface area contributed by atoms with Gasteiger partial charge in [0.1, 0.15) is 4.90 Å². The second-order valence-electron chi connectivity index (χ2n) is 5.09. The lowest BCUT2D eigenvalue weighted by Crippen LogP contribution is -2.41. The van der Waals surface area contributed by atoms with Crippen LogP contribution in [-0.2, 0) is 10.0 Å². The van der Waals surface area contributed by atoms with E-state index in [4.69, 9.17) is 5.73 Å². The molecule has 0 radical (unpaired) electrons. The average molecular weight is 315 g/mol. The van der Waals surface area contributed by atoms with Gasteiger partial charge in [0.15, 0.2) is 0 Å². The summed E-state index contributed by atoms with van der Waals surface area (Å²) in [4.78, 5) is 2.38. The van der Waals surface area contributed by atoms with Crippen molar-refractivity contribution in [3.8, 4) is 0 Å². The summed E-state index contributed by atoms with van der Waals surface area (Å²) < 4.78 is 25.8. The Labute approximate surface area is 125 Å². The molecule has 0 aliphatic carbocycles. The number of benzene rings is 1. The van der Waals surface area contributed by atoms with Crippen molar-refractivity contribution < 1.29 is 8.42 Å². The first-order valence-electron chi connectivity index (χ1n) is 6.51. The third-order valence-corrected chi connectivity index (χ3v) is 6.54. The molecule has 1 heterocycles. The molecule has 7 heteroatoms. The van der Waals surface area contributed by atoms with Gasteiger partial charge >= 0.3 is 0 Å². The Kier molecular flexibility index (Phi) is 4.51. The summed E-state index contributed by atoms with van der Waals surface area (Å²) in [5.41, 5.74) is 7.31. The predicted molar refractivity (Wildman–Crippen MR) is 85.9 cm³/mol. The molecule has 112 valence electrons. The van der Waals surface area contributed by atoms with E-state index in [1.165, 1.54) is 18.4 Å². The topological polar surface area (TPSA) is 66.6 Å². The minimum absolute atomic E-state index is 0.186. The second-order valence-corrected chi connectivity index (χ2v) is 8.36. The zero-order valence-electron chi connectivity index (χ0n) is 12.0. The molecule has 5 nitrogen and oxygen atoms in total. The lowest BCUT2D eigenvalue weighted by Gasteiger charge is -2.36. The van der Waals surface area contributed by atoms with Gasteiger partial charge in [-0.2, -0.15) is 11.8 Å². The molecule has 20 heavy (non-hydrogen) atoms. The molecule has 1 aliphatic heterocycles. The van der Waals surface area contributed by atoms with E-state index in [1.807, 2.05) is 17.8 Å². The summed E-state index contributed by atoms with van der Waals surface area (Å²) in [6, 6.07) is 5.58. The number of anilines is 2. The maximum atomic E-state index is 12.3. The van der Waals surface area contributed by atoms with E-state index in [2.05, 4.69) is 11.8 Å². The molecule has 2 N–H and O–H groups in total. The van der Waals surface area contributed by atoms with Crippen molar-refractivity contribution in [2.45, 2.75) is 17.9 Å². The van der Waals surface area contributed by atoms with Gasteiger partial charge in [0.25, 0.3) is 0 Å². The molecule has 1 saturated heterocycles. The van der Waals surface area contributed by atoms with Crippen LogP contribution in [0, 0.1) is 0 Å². The number of nitrogen functional groups attached to an aromatic ring is 1. The molecule has 0 amide bonds. The Morgan fingerprint density at radius 1 is 1.40 bits per heavy atom. The largest absolute Gasteiger partial charge is 0.396 e. The molecule has 1 aliphatic rings. The standard InChI is InChI=1S/C13H21N3O2S2/c1-10-9-19-8-7-16(10)11-5-4-6-12(13(11)14)20(17,18)15(2)3/h4-6,10H,7-9,14H2,1-3H3. The van der Waals surface area contributed by atoms with E-state index < -0.39 is 10.0 Å². The first-order chi connectivity index (χ1) is 9.35. The Morgan fingerprint density at radius 3 is 2.70 bits per heavy atom. The molecular weight excluding hydrogens is 294 g/mol. The Morgan fingerprint density at radius 2 is 2.10 bits per heavy atom. The van der Waals surface area contributed by atoms with E-state index in [0.29, 0.717) is 11.7 Å². The van der Waals surface area contributed by atoms with E-state index in [0.717, 1.165) is 23.7 Å². The highest BCUT2D eigenvalue weighted by atomic mass is 32.2. The molecule has 1 aromatic rings. The molecule has 1 aromatic carbocycles. The van der Waals surface area contributed by atoms with Crippen molar-refractivity contribution in [3.63, 3.8) is 0 Å². The van der Waals surface area contributed by atoms with Crippen LogP contribution in [0.15, 0.2) is 23.1 Å². The summed E-state index contributed by atoms with van der Waals surface area (Å²) in [5.74, 6) is 2.07. The molecular formula is C13H21N3O2S2. The van der Waals surface area contributed by atoms with Gasteiger partial charge in [-0.25, -0.2) is 12.7 Å². The minimum atomic E-state index is -3.51. The van der Waals surface area contributed by atoms with Crippen LogP contribution in [0.4, 0.5) is 11.4 Å². The lowest BCUT2D eigenvalue weighted by atomic mass is 10.2. The number of nitrogens with two attached hydrogens (primary N) is 1. The van der Waals surface area contributed by atoms with Crippen LogP contribution in [0.1, 0.15) is 6.92 Å². The SMILES string of the molecule is CC1CSCCN1c1cccc(S(=O)(=O)N(C)C)c1N. The molecule has 0 spiro atoms. The summed E-state index contributed by atoms with van der Waals surface area (Å²) in [6.07, 6.45) is 0. The lowest BCUT2D eigenvalue weighted by molar-refractivity contribution is 0.521. The molecule has 2 rings (SSSR count). The van der Waals surface area contributed by atoms with E-state index >= 15 is 0 Å². The van der Waals surface area contributed by atoms with Gasteiger partial charge in [-0.3, -0.25) is 0 Å². The normalized spacial score (nSPS) is 20.4. The number of hydrogen-bond acceptors (Lipinski definition) is 5. The van der Waals surface area contributed by atoms with Gasteiger partial charge < -0.3 is 10.6 Å². The Balaban J connectivity index is 2.47. The second kappa shape index (κ2) is 5.83. The highest BCUT2D eigenvalue weighted by Gasteiger charge is 2.26. The quantitative estimate of drug-likeness (QED) is 0.856. The van der Waals surface area contributed by atoms with Crippen LogP contribution < -0.4 is 10.6 Å². The van der Waals surface area contributed by atoms with Crippen molar-refractivity contribution >= 4 is 33.2 Å². The van der Waals surface area contributed by atoms with Gasteiger partial charge in [0.2, 0.25) is 10.0 Å². The van der Waals surface area contributed by atoms with Crippen molar-refractivity contribution in [1.82, 2.24) is 4.31 Å². The smallest absolute Gasteiger partial charge is 0.244 e. The number of para-hydroxylation sites is 1. The van der Waals surface area contributed by atoms with Crippen LogP contribution in [0.25, 0.3) is 0 Å². The fourth-order valence-corrected chi connectivity index (χ4v) is 4.33. The monoisotopic (exact) mass is 315 g/mol. The predicted octanol–water partition coefficient (Wildman–Crippen LogP) is 1.46. The van der Waals surface area contributed by atoms with Gasteiger partial charge in [-0.15, -0.1) is 0 Å². The van der Waals surface area contributed by atoms with Crippen LogP contribution in [-0.4, -0.2) is 50.9 Å². The molecule has 0 bridgehead atoms. The van der Waals surface area contributed by atoms with Crippen LogP contribution in [0.2, 0.25) is 0 Å². The zero-order chi connectivity index (χ0) is 14.9. The van der Waals surface area contributed by atoms with E-state index in [-0.39, 0.29) is 4.90 Å². The molecule has 0 saturated carbocycles. The number of sulfonamides is 1. The summed E-state index contributed by atoms with van der Waals surface area (Å²) >= 11 is 1.91. The van der Waals surface area contributed by atoms with Crippen molar-refractivity contribution in [2.75, 3.05) is 42.8 Å². The summed E-state index contributed by atoms with van der Waals surface area (Å²) in [7, 11) is -0.479. The summed E-state index contributed by atoms with van der Waals surface area (Å²) in [5, 5.41) is 0. The number of nitrogens with zero attached hydrogens (tertiary/aromatic N) is 2. The Bertz CT molecular complexity index is 587. The van der Waals surface area contributed by atoms with Gasteiger partial charge in [0, 0.05) is 38.2 Å². The van der Waals surface area contributed by atoms with Gasteiger partial charge in [0.05, 0.1) is 11.4 Å². The van der Waals surface area contributed by atoms with Gasteiger partial charge in [-0.1, -0.05) is 6.07 Å². The van der Waals surface area contributed by atoms with Crippen molar-refractivity contribution in [2.24, 2.45) is 0 Å². The number of hydrogen-bond donors (Lipinski definition) is 1. The zero-order valence-corrected chi connectivity index (χ0v) is 13.7. The highest BCUT2D eigenvalue weighted by molar-refractivity contribution is 7.99. The van der Waals surface area contributed by atoms with Crippen LogP contribution in [0.3, 0.4) is 0 Å². The van der Waals surface area contributed by atoms with E-state index in [1.54, 1.807) is 12.1 Å². The van der Waals surface area contributed by atoms with Crippen LogP contribution in [0.5, 0.6) is 0 Å². The number of rotatable bonds is 3. The third kappa shape index (κ3) is 2.75. The van der Waals surface area contributed by atoms with Gasteiger partial charge in [-0.05, 0) is 19.1 Å². The maximum absolute atomic E-state index is 12.3. The van der Waals surface area contributed by atoms with Crippen molar-refractivity contribution in [3.05, 3.63) is 18.2 Å². The number of thioether (sulfide) groups is 1. The summed E-state index contributed by atoms with van der Waals surface area (Å²) in [6.45, 7) is 3.03. The average Bonchev–Trinajstić information content (AvgIpc) is 2.39. The highest BCUT2D eigenvalue weighted by Crippen LogP contribution is 2.34. The van der Waals surface area contributed by atoms with Crippen molar-refractivity contribution in [1.29, 1.82) is 0 Å². The maximum Gasteiger partial charge on any atom is 0.244 e. The first kappa shape index (κ1) is 15.5. The van der Waals surface area contributed by atoms with Crippen LogP contribution >= 0.6 is 11.8 Å². The first-order valence-corrected chi connectivity index (χ1v) is 9.10.